The normalized spacial score (nSPS) is 10.5. The van der Waals surface area contributed by atoms with Gasteiger partial charge in [0.15, 0.2) is 0 Å². The summed E-state index contributed by atoms with van der Waals surface area (Å²) in [6, 6.07) is 9.60. The Morgan fingerprint density at radius 3 is 2.60 bits per heavy atom. The first-order chi connectivity index (χ1) is 7.34. The number of halogens is 1. The van der Waals surface area contributed by atoms with Crippen molar-refractivity contribution in [3.63, 3.8) is 0 Å². The fourth-order valence-electron chi connectivity index (χ4n) is 1.27. The van der Waals surface area contributed by atoms with Crippen molar-refractivity contribution in [1.29, 1.82) is 0 Å². The van der Waals surface area contributed by atoms with Crippen molar-refractivity contribution in [3.05, 3.63) is 52.9 Å². The molecule has 0 radical (unpaired) electrons. The molecule has 0 aliphatic heterocycles. The first-order valence-electron chi connectivity index (χ1n) is 4.69. The molecule has 0 unspecified atom stereocenters. The van der Waals surface area contributed by atoms with E-state index in [9.17, 15) is 0 Å². The van der Waals surface area contributed by atoms with Crippen LogP contribution in [0, 0.1) is 0 Å². The molecule has 0 saturated heterocycles. The summed E-state index contributed by atoms with van der Waals surface area (Å²) in [5.41, 5.74) is 1.19. The molecule has 1 heterocycles. The van der Waals surface area contributed by atoms with E-state index in [1.165, 1.54) is 5.56 Å². The third kappa shape index (κ3) is 3.08. The third-order valence-corrected chi connectivity index (χ3v) is 2.28. The fourth-order valence-corrected chi connectivity index (χ4v) is 1.39. The summed E-state index contributed by atoms with van der Waals surface area (Å²) in [5, 5.41) is 7.63. The van der Waals surface area contributed by atoms with Gasteiger partial charge in [-0.1, -0.05) is 28.9 Å². The molecule has 0 amide bonds. The smallest absolute Gasteiger partial charge is 0.150 e. The van der Waals surface area contributed by atoms with Gasteiger partial charge in [0.1, 0.15) is 5.76 Å². The average molecular weight is 223 g/mol. The van der Waals surface area contributed by atoms with Crippen molar-refractivity contribution in [2.75, 3.05) is 0 Å². The lowest BCUT2D eigenvalue weighted by atomic mass is 10.2. The summed E-state index contributed by atoms with van der Waals surface area (Å²) >= 11 is 5.78. The maximum absolute atomic E-state index is 5.78. The summed E-state index contributed by atoms with van der Waals surface area (Å²) in [5.74, 6) is 0.837. The zero-order valence-electron chi connectivity index (χ0n) is 8.11. The van der Waals surface area contributed by atoms with Crippen molar-refractivity contribution in [3.8, 4) is 0 Å². The highest BCUT2D eigenvalue weighted by molar-refractivity contribution is 6.30. The van der Waals surface area contributed by atoms with Crippen LogP contribution >= 0.6 is 11.6 Å². The van der Waals surface area contributed by atoms with Crippen molar-refractivity contribution < 1.29 is 4.52 Å². The first kappa shape index (κ1) is 10.2. The summed E-state index contributed by atoms with van der Waals surface area (Å²) < 4.78 is 4.96. The molecule has 0 bridgehead atoms. The van der Waals surface area contributed by atoms with Crippen LogP contribution in [0.2, 0.25) is 5.02 Å². The number of aromatic nitrogens is 1. The molecular formula is C11H11ClN2O. The Morgan fingerprint density at radius 2 is 1.93 bits per heavy atom. The molecule has 1 N–H and O–H groups in total. The summed E-state index contributed by atoms with van der Waals surface area (Å²) in [6.45, 7) is 1.47. The maximum Gasteiger partial charge on any atom is 0.150 e. The second kappa shape index (κ2) is 4.96. The highest BCUT2D eigenvalue weighted by Gasteiger charge is 1.96. The van der Waals surface area contributed by atoms with E-state index in [0.29, 0.717) is 6.54 Å². The van der Waals surface area contributed by atoms with Gasteiger partial charge in [0, 0.05) is 17.6 Å². The quantitative estimate of drug-likeness (QED) is 0.864. The molecule has 0 spiro atoms. The number of rotatable bonds is 4. The predicted molar refractivity (Wildman–Crippen MR) is 58.5 cm³/mol. The molecular weight excluding hydrogens is 212 g/mol. The minimum Gasteiger partial charge on any atom is -0.360 e. The molecule has 78 valence electrons. The highest BCUT2D eigenvalue weighted by atomic mass is 35.5. The second-order valence-electron chi connectivity index (χ2n) is 3.21. The minimum atomic E-state index is 0.683. The van der Waals surface area contributed by atoms with Gasteiger partial charge in [-0.25, -0.2) is 0 Å². The summed E-state index contributed by atoms with van der Waals surface area (Å²) in [7, 11) is 0. The Bertz CT molecular complexity index is 397. The molecule has 1 aromatic heterocycles. The molecule has 0 fully saturated rings. The van der Waals surface area contributed by atoms with Crippen molar-refractivity contribution in [1.82, 2.24) is 10.5 Å². The lowest BCUT2D eigenvalue weighted by Gasteiger charge is -2.02. The minimum absolute atomic E-state index is 0.683. The summed E-state index contributed by atoms with van der Waals surface area (Å²) in [6.07, 6.45) is 1.64. The Balaban J connectivity index is 1.81. The van der Waals surface area contributed by atoms with Crippen molar-refractivity contribution >= 4 is 11.6 Å². The van der Waals surface area contributed by atoms with Crippen LogP contribution in [0.4, 0.5) is 0 Å². The molecule has 0 saturated carbocycles. The van der Waals surface area contributed by atoms with E-state index in [0.717, 1.165) is 17.3 Å². The van der Waals surface area contributed by atoms with Gasteiger partial charge in [-0.3, -0.25) is 0 Å². The topological polar surface area (TPSA) is 38.1 Å². The van der Waals surface area contributed by atoms with Gasteiger partial charge >= 0.3 is 0 Å². The van der Waals surface area contributed by atoms with Gasteiger partial charge in [0.2, 0.25) is 0 Å². The van der Waals surface area contributed by atoms with Gasteiger partial charge < -0.3 is 9.84 Å². The number of nitrogens with one attached hydrogen (secondary N) is 1. The Hall–Kier alpha value is -1.32. The van der Waals surface area contributed by atoms with Crippen molar-refractivity contribution in [2.45, 2.75) is 13.1 Å². The van der Waals surface area contributed by atoms with Gasteiger partial charge in [-0.05, 0) is 17.7 Å². The van der Waals surface area contributed by atoms with E-state index in [2.05, 4.69) is 10.5 Å². The molecule has 0 aliphatic rings. The number of benzene rings is 1. The standard InChI is InChI=1S/C11H11ClN2O/c12-10-3-1-9(2-4-10)7-13-8-11-5-6-14-15-11/h1-6,13H,7-8H2. The number of hydrogen-bond acceptors (Lipinski definition) is 3. The van der Waals surface area contributed by atoms with Crippen LogP contribution in [0.25, 0.3) is 0 Å². The number of nitrogens with zero attached hydrogens (tertiary/aromatic N) is 1. The van der Waals surface area contributed by atoms with Gasteiger partial charge in [-0.2, -0.15) is 0 Å². The van der Waals surface area contributed by atoms with Crippen LogP contribution in [0.1, 0.15) is 11.3 Å². The Kier molecular flexibility index (Phi) is 3.37. The molecule has 15 heavy (non-hydrogen) atoms. The zero-order chi connectivity index (χ0) is 10.5. The van der Waals surface area contributed by atoms with E-state index in [1.807, 2.05) is 30.3 Å². The van der Waals surface area contributed by atoms with Gasteiger partial charge in [0.05, 0.1) is 12.7 Å². The summed E-state index contributed by atoms with van der Waals surface area (Å²) in [4.78, 5) is 0. The van der Waals surface area contributed by atoms with Crippen molar-refractivity contribution in [2.24, 2.45) is 0 Å². The predicted octanol–water partition coefficient (Wildman–Crippen LogP) is 2.62. The molecule has 2 aromatic rings. The molecule has 0 aliphatic carbocycles. The second-order valence-corrected chi connectivity index (χ2v) is 3.65. The van der Waals surface area contributed by atoms with E-state index in [4.69, 9.17) is 16.1 Å². The van der Waals surface area contributed by atoms with Gasteiger partial charge in [0.25, 0.3) is 0 Å². The Morgan fingerprint density at radius 1 is 1.13 bits per heavy atom. The highest BCUT2D eigenvalue weighted by Crippen LogP contribution is 2.09. The fraction of sp³-hybridized carbons (Fsp3) is 0.182. The largest absolute Gasteiger partial charge is 0.360 e. The Labute approximate surface area is 93.0 Å². The van der Waals surface area contributed by atoms with Crippen LogP contribution in [-0.4, -0.2) is 5.16 Å². The first-order valence-corrected chi connectivity index (χ1v) is 5.07. The maximum atomic E-state index is 5.78. The van der Waals surface area contributed by atoms with E-state index in [1.54, 1.807) is 6.20 Å². The van der Waals surface area contributed by atoms with E-state index >= 15 is 0 Å². The SMILES string of the molecule is Clc1ccc(CNCc2ccno2)cc1. The van der Waals surface area contributed by atoms with Crippen LogP contribution in [0.3, 0.4) is 0 Å². The molecule has 1 aromatic carbocycles. The van der Waals surface area contributed by atoms with E-state index in [-0.39, 0.29) is 0 Å². The number of hydrogen-bond donors (Lipinski definition) is 1. The molecule has 0 atom stereocenters. The van der Waals surface area contributed by atoms with Crippen LogP contribution < -0.4 is 5.32 Å². The zero-order valence-corrected chi connectivity index (χ0v) is 8.87. The average Bonchev–Trinajstić information content (AvgIpc) is 2.74. The molecule has 3 nitrogen and oxygen atoms in total. The van der Waals surface area contributed by atoms with Crippen LogP contribution in [0.5, 0.6) is 0 Å². The van der Waals surface area contributed by atoms with Crippen LogP contribution in [-0.2, 0) is 13.1 Å². The van der Waals surface area contributed by atoms with Gasteiger partial charge in [-0.15, -0.1) is 0 Å². The monoisotopic (exact) mass is 222 g/mol. The lowest BCUT2D eigenvalue weighted by molar-refractivity contribution is 0.373. The molecule has 2 rings (SSSR count). The van der Waals surface area contributed by atoms with Crippen LogP contribution in [0.15, 0.2) is 41.1 Å². The van der Waals surface area contributed by atoms with E-state index < -0.39 is 0 Å². The third-order valence-electron chi connectivity index (χ3n) is 2.03. The molecule has 4 heteroatoms. The lowest BCUT2D eigenvalue weighted by Crippen LogP contribution is -2.11.